The number of alkyl carbamates (subject to hydrolysis) is 1. The molecule has 5 nitrogen and oxygen atoms in total. The van der Waals surface area contributed by atoms with Crippen LogP contribution in [0.25, 0.3) is 0 Å². The van der Waals surface area contributed by atoms with Crippen LogP contribution < -0.4 is 5.32 Å². The van der Waals surface area contributed by atoms with E-state index in [2.05, 4.69) is 5.32 Å². The van der Waals surface area contributed by atoms with Crippen LogP contribution in [0.15, 0.2) is 72.3 Å². The van der Waals surface area contributed by atoms with E-state index in [1.54, 1.807) is 13.0 Å². The van der Waals surface area contributed by atoms with Crippen LogP contribution in [0.5, 0.6) is 0 Å². The lowest BCUT2D eigenvalue weighted by atomic mass is 10.0. The van der Waals surface area contributed by atoms with Crippen molar-refractivity contribution in [2.75, 3.05) is 0 Å². The molecule has 1 amide bonds. The third-order valence-electron chi connectivity index (χ3n) is 4.19. The van der Waals surface area contributed by atoms with Crippen molar-refractivity contribution in [2.24, 2.45) is 0 Å². The van der Waals surface area contributed by atoms with Crippen LogP contribution in [0.2, 0.25) is 0 Å². The third kappa shape index (κ3) is 4.72. The van der Waals surface area contributed by atoms with E-state index in [0.717, 1.165) is 11.1 Å². The van der Waals surface area contributed by atoms with Gasteiger partial charge in [0.15, 0.2) is 0 Å². The number of carbonyl (C=O) groups is 2. The number of benzene rings is 2. The molecule has 0 bridgehead atoms. The van der Waals surface area contributed by atoms with E-state index in [0.29, 0.717) is 12.0 Å². The summed E-state index contributed by atoms with van der Waals surface area (Å²) in [7, 11) is 0. The monoisotopic (exact) mass is 351 g/mol. The van der Waals surface area contributed by atoms with Gasteiger partial charge in [0, 0.05) is 5.57 Å². The van der Waals surface area contributed by atoms with Gasteiger partial charge in [-0.05, 0) is 30.5 Å². The van der Waals surface area contributed by atoms with Crippen molar-refractivity contribution < 1.29 is 19.1 Å². The van der Waals surface area contributed by atoms with Crippen molar-refractivity contribution in [1.29, 1.82) is 0 Å². The molecule has 1 N–H and O–H groups in total. The predicted molar refractivity (Wildman–Crippen MR) is 97.3 cm³/mol. The predicted octanol–water partition coefficient (Wildman–Crippen LogP) is 3.40. The van der Waals surface area contributed by atoms with Crippen LogP contribution >= 0.6 is 0 Å². The van der Waals surface area contributed by atoms with Gasteiger partial charge in [-0.25, -0.2) is 9.59 Å². The van der Waals surface area contributed by atoms with Gasteiger partial charge < -0.3 is 14.8 Å². The van der Waals surface area contributed by atoms with Crippen LogP contribution in [0.3, 0.4) is 0 Å². The SMILES string of the molecule is CC1=C[C@@H]([C@H](Cc2ccccc2)NC(=O)OCc2ccccc2)OC1=O. The van der Waals surface area contributed by atoms with E-state index < -0.39 is 18.2 Å². The van der Waals surface area contributed by atoms with Crippen molar-refractivity contribution in [3.63, 3.8) is 0 Å². The first kappa shape index (κ1) is 17.7. The molecule has 0 aromatic heterocycles. The van der Waals surface area contributed by atoms with Gasteiger partial charge >= 0.3 is 12.1 Å². The van der Waals surface area contributed by atoms with Gasteiger partial charge in [0.05, 0.1) is 6.04 Å². The molecule has 0 saturated carbocycles. The number of rotatable bonds is 6. The molecule has 0 unspecified atom stereocenters. The Morgan fingerprint density at radius 1 is 1.08 bits per heavy atom. The Kier molecular flexibility index (Phi) is 5.69. The normalized spacial score (nSPS) is 17.2. The second-order valence-electron chi connectivity index (χ2n) is 6.22. The summed E-state index contributed by atoms with van der Waals surface area (Å²) in [6.07, 6.45) is 1.23. The van der Waals surface area contributed by atoms with Gasteiger partial charge in [-0.1, -0.05) is 60.7 Å². The first-order valence-corrected chi connectivity index (χ1v) is 8.52. The van der Waals surface area contributed by atoms with Crippen molar-refractivity contribution in [2.45, 2.75) is 32.1 Å². The molecular weight excluding hydrogens is 330 g/mol. The Balaban J connectivity index is 1.65. The van der Waals surface area contributed by atoms with E-state index in [-0.39, 0.29) is 12.6 Å². The fourth-order valence-corrected chi connectivity index (χ4v) is 2.80. The average Bonchev–Trinajstić information content (AvgIpc) is 3.00. The molecule has 2 atom stereocenters. The summed E-state index contributed by atoms with van der Waals surface area (Å²) < 4.78 is 10.7. The summed E-state index contributed by atoms with van der Waals surface area (Å²) >= 11 is 0. The zero-order valence-corrected chi connectivity index (χ0v) is 14.6. The molecule has 26 heavy (non-hydrogen) atoms. The summed E-state index contributed by atoms with van der Waals surface area (Å²) in [6.45, 7) is 1.89. The average molecular weight is 351 g/mol. The fraction of sp³-hybridized carbons (Fsp3) is 0.238. The summed E-state index contributed by atoms with van der Waals surface area (Å²) in [5.74, 6) is -0.354. The third-order valence-corrected chi connectivity index (χ3v) is 4.19. The van der Waals surface area contributed by atoms with Crippen LogP contribution in [-0.4, -0.2) is 24.2 Å². The summed E-state index contributed by atoms with van der Waals surface area (Å²) in [5.41, 5.74) is 2.49. The van der Waals surface area contributed by atoms with Gasteiger partial charge in [-0.15, -0.1) is 0 Å². The number of cyclic esters (lactones) is 1. The second-order valence-corrected chi connectivity index (χ2v) is 6.22. The van der Waals surface area contributed by atoms with Crippen molar-refractivity contribution in [1.82, 2.24) is 5.32 Å². The van der Waals surface area contributed by atoms with E-state index in [4.69, 9.17) is 9.47 Å². The highest BCUT2D eigenvalue weighted by molar-refractivity contribution is 5.90. The fourth-order valence-electron chi connectivity index (χ4n) is 2.80. The highest BCUT2D eigenvalue weighted by atomic mass is 16.6. The number of carbonyl (C=O) groups excluding carboxylic acids is 2. The number of amides is 1. The van der Waals surface area contributed by atoms with E-state index in [9.17, 15) is 9.59 Å². The number of hydrogen-bond acceptors (Lipinski definition) is 4. The minimum Gasteiger partial charge on any atom is -0.453 e. The van der Waals surface area contributed by atoms with Crippen molar-refractivity contribution in [3.8, 4) is 0 Å². The van der Waals surface area contributed by atoms with Gasteiger partial charge in [-0.2, -0.15) is 0 Å². The molecule has 0 saturated heterocycles. The Morgan fingerprint density at radius 3 is 2.27 bits per heavy atom. The molecule has 0 fully saturated rings. The van der Waals surface area contributed by atoms with Gasteiger partial charge in [0.2, 0.25) is 0 Å². The Labute approximate surface area is 152 Å². The zero-order valence-electron chi connectivity index (χ0n) is 14.6. The maximum atomic E-state index is 12.2. The number of esters is 1. The van der Waals surface area contributed by atoms with Crippen molar-refractivity contribution in [3.05, 3.63) is 83.4 Å². The molecule has 1 heterocycles. The topological polar surface area (TPSA) is 64.6 Å². The van der Waals surface area contributed by atoms with Crippen LogP contribution in [0, 0.1) is 0 Å². The van der Waals surface area contributed by atoms with Crippen LogP contribution in [0.4, 0.5) is 4.79 Å². The molecule has 0 aliphatic carbocycles. The lowest BCUT2D eigenvalue weighted by Crippen LogP contribution is -2.44. The minimum atomic E-state index is -0.538. The van der Waals surface area contributed by atoms with Gasteiger partial charge in [0.1, 0.15) is 12.7 Å². The molecule has 2 aromatic carbocycles. The van der Waals surface area contributed by atoms with Crippen molar-refractivity contribution >= 4 is 12.1 Å². The number of hydrogen-bond donors (Lipinski definition) is 1. The first-order valence-electron chi connectivity index (χ1n) is 8.52. The summed E-state index contributed by atoms with van der Waals surface area (Å²) in [4.78, 5) is 23.9. The molecule has 5 heteroatoms. The van der Waals surface area contributed by atoms with Gasteiger partial charge in [-0.3, -0.25) is 0 Å². The quantitative estimate of drug-likeness (QED) is 0.810. The maximum absolute atomic E-state index is 12.2. The molecule has 3 rings (SSSR count). The highest BCUT2D eigenvalue weighted by Gasteiger charge is 2.31. The highest BCUT2D eigenvalue weighted by Crippen LogP contribution is 2.19. The van der Waals surface area contributed by atoms with E-state index in [1.165, 1.54) is 0 Å². The summed E-state index contributed by atoms with van der Waals surface area (Å²) in [5, 5.41) is 2.84. The minimum absolute atomic E-state index is 0.185. The first-order chi connectivity index (χ1) is 12.6. The van der Waals surface area contributed by atoms with Crippen LogP contribution in [-0.2, 0) is 27.3 Å². The Hall–Kier alpha value is -3.08. The molecule has 1 aliphatic heterocycles. The largest absolute Gasteiger partial charge is 0.453 e. The lowest BCUT2D eigenvalue weighted by molar-refractivity contribution is -0.140. The summed E-state index contributed by atoms with van der Waals surface area (Å²) in [6, 6.07) is 18.8. The number of nitrogens with one attached hydrogen (secondary N) is 1. The molecule has 0 spiro atoms. The Morgan fingerprint density at radius 2 is 1.69 bits per heavy atom. The molecular formula is C21H21NO4. The van der Waals surface area contributed by atoms with Gasteiger partial charge in [0.25, 0.3) is 0 Å². The smallest absolute Gasteiger partial charge is 0.407 e. The van der Waals surface area contributed by atoms with E-state index in [1.807, 2.05) is 60.7 Å². The number of ether oxygens (including phenoxy) is 2. The van der Waals surface area contributed by atoms with E-state index >= 15 is 0 Å². The standard InChI is InChI=1S/C21H21NO4/c1-15-12-19(26-20(15)23)18(13-16-8-4-2-5-9-16)22-21(24)25-14-17-10-6-3-7-11-17/h2-12,18-19H,13-14H2,1H3,(H,22,24)/t18-,19-/m0/s1. The molecule has 1 aliphatic rings. The van der Waals surface area contributed by atoms with Crippen LogP contribution in [0.1, 0.15) is 18.1 Å². The zero-order chi connectivity index (χ0) is 18.4. The molecule has 0 radical (unpaired) electrons. The molecule has 134 valence electrons. The Bertz CT molecular complexity index is 786. The lowest BCUT2D eigenvalue weighted by Gasteiger charge is -2.23. The molecule has 2 aromatic rings. The second kappa shape index (κ2) is 8.34. The maximum Gasteiger partial charge on any atom is 0.407 e.